The third-order valence-electron chi connectivity index (χ3n) is 5.39. The van der Waals surface area contributed by atoms with E-state index in [4.69, 9.17) is 0 Å². The first-order valence-electron chi connectivity index (χ1n) is 7.67. The highest BCUT2D eigenvalue weighted by Gasteiger charge is 2.47. The van der Waals surface area contributed by atoms with Crippen LogP contribution in [0.15, 0.2) is 18.2 Å². The second-order valence-electron chi connectivity index (χ2n) is 6.25. The molecule has 0 heterocycles. The van der Waals surface area contributed by atoms with E-state index in [2.05, 4.69) is 6.92 Å². The maximum Gasteiger partial charge on any atom is 0.126 e. The van der Waals surface area contributed by atoms with E-state index >= 15 is 0 Å². The highest BCUT2D eigenvalue weighted by atomic mass is 19.1. The molecule has 104 valence electrons. The highest BCUT2D eigenvalue weighted by Crippen LogP contribution is 2.50. The van der Waals surface area contributed by atoms with E-state index in [1.54, 1.807) is 6.07 Å². The summed E-state index contributed by atoms with van der Waals surface area (Å²) in [5.41, 5.74) is 0.849. The fraction of sp³-hybridized carbons (Fsp3) is 0.647. The summed E-state index contributed by atoms with van der Waals surface area (Å²) in [6.07, 6.45) is 7.29. The van der Waals surface area contributed by atoms with Gasteiger partial charge in [0.2, 0.25) is 0 Å². The summed E-state index contributed by atoms with van der Waals surface area (Å²) in [4.78, 5) is 0. The van der Waals surface area contributed by atoms with Gasteiger partial charge in [-0.2, -0.15) is 0 Å². The Labute approximate surface area is 114 Å². The fourth-order valence-corrected chi connectivity index (χ4v) is 4.38. The minimum Gasteiger partial charge on any atom is -0.385 e. The molecular formula is C17H23FO. The molecule has 0 aromatic heterocycles. The first-order valence-corrected chi connectivity index (χ1v) is 7.67. The van der Waals surface area contributed by atoms with Crippen molar-refractivity contribution in [2.75, 3.05) is 0 Å². The molecule has 1 N–H and O–H groups in total. The quantitative estimate of drug-likeness (QED) is 0.848. The normalized spacial score (nSPS) is 34.3. The summed E-state index contributed by atoms with van der Waals surface area (Å²) < 4.78 is 13.9. The Morgan fingerprint density at radius 3 is 2.89 bits per heavy atom. The zero-order chi connectivity index (χ0) is 13.5. The molecule has 0 amide bonds. The second kappa shape index (κ2) is 4.90. The Balaban J connectivity index is 1.99. The molecule has 3 unspecified atom stereocenters. The average molecular weight is 262 g/mol. The predicted molar refractivity (Wildman–Crippen MR) is 74.4 cm³/mol. The predicted octanol–water partition coefficient (Wildman–Crippen LogP) is 4.18. The van der Waals surface area contributed by atoms with Crippen molar-refractivity contribution in [1.82, 2.24) is 0 Å². The summed E-state index contributed by atoms with van der Waals surface area (Å²) >= 11 is 0. The Kier molecular flexibility index (Phi) is 3.38. The molecule has 2 heteroatoms. The lowest BCUT2D eigenvalue weighted by Crippen LogP contribution is -2.39. The molecule has 2 aliphatic rings. The number of aliphatic hydroxyl groups is 1. The van der Waals surface area contributed by atoms with E-state index < -0.39 is 5.60 Å². The molecule has 3 rings (SSSR count). The molecule has 1 saturated carbocycles. The van der Waals surface area contributed by atoms with Crippen molar-refractivity contribution in [3.63, 3.8) is 0 Å². The Bertz CT molecular complexity index is 470. The van der Waals surface area contributed by atoms with Crippen molar-refractivity contribution in [3.8, 4) is 0 Å². The van der Waals surface area contributed by atoms with E-state index in [0.29, 0.717) is 24.7 Å². The molecular weight excluding hydrogens is 239 g/mol. The van der Waals surface area contributed by atoms with Gasteiger partial charge in [0.1, 0.15) is 5.82 Å². The maximum atomic E-state index is 13.9. The van der Waals surface area contributed by atoms with Gasteiger partial charge in [-0.1, -0.05) is 44.7 Å². The molecule has 1 fully saturated rings. The third kappa shape index (κ3) is 2.01. The number of hydrogen-bond donors (Lipinski definition) is 1. The van der Waals surface area contributed by atoms with Gasteiger partial charge in [-0.3, -0.25) is 0 Å². The second-order valence-corrected chi connectivity index (χ2v) is 6.25. The van der Waals surface area contributed by atoms with Crippen LogP contribution in [0.25, 0.3) is 0 Å². The van der Waals surface area contributed by atoms with E-state index in [1.165, 1.54) is 25.3 Å². The van der Waals surface area contributed by atoms with E-state index in [-0.39, 0.29) is 5.82 Å². The topological polar surface area (TPSA) is 20.2 Å². The first kappa shape index (κ1) is 13.1. The Hall–Kier alpha value is -0.890. The number of halogens is 1. The van der Waals surface area contributed by atoms with Gasteiger partial charge in [0, 0.05) is 0 Å². The van der Waals surface area contributed by atoms with Crippen molar-refractivity contribution in [2.24, 2.45) is 11.8 Å². The zero-order valence-corrected chi connectivity index (χ0v) is 11.7. The summed E-state index contributed by atoms with van der Waals surface area (Å²) in [6, 6.07) is 5.20. The van der Waals surface area contributed by atoms with Crippen molar-refractivity contribution >= 4 is 0 Å². The van der Waals surface area contributed by atoms with Crippen LogP contribution < -0.4 is 0 Å². The van der Waals surface area contributed by atoms with Crippen LogP contribution in [0.4, 0.5) is 4.39 Å². The monoisotopic (exact) mass is 262 g/mol. The van der Waals surface area contributed by atoms with Gasteiger partial charge < -0.3 is 5.11 Å². The maximum absolute atomic E-state index is 13.9. The van der Waals surface area contributed by atoms with E-state index in [0.717, 1.165) is 24.0 Å². The molecule has 1 aromatic rings. The van der Waals surface area contributed by atoms with Crippen LogP contribution in [0.3, 0.4) is 0 Å². The number of rotatable bonds is 2. The number of hydrogen-bond acceptors (Lipinski definition) is 1. The summed E-state index contributed by atoms with van der Waals surface area (Å²) in [5, 5.41) is 11.2. The Morgan fingerprint density at radius 2 is 2.11 bits per heavy atom. The smallest absolute Gasteiger partial charge is 0.126 e. The van der Waals surface area contributed by atoms with Gasteiger partial charge in [0.25, 0.3) is 0 Å². The molecule has 0 bridgehead atoms. The molecule has 0 radical (unpaired) electrons. The SMILES string of the molecule is CCC1CCCCC1C1(O)CCc2c(F)cccc21. The van der Waals surface area contributed by atoms with Gasteiger partial charge in [-0.15, -0.1) is 0 Å². The Morgan fingerprint density at radius 1 is 1.32 bits per heavy atom. The molecule has 2 aliphatic carbocycles. The van der Waals surface area contributed by atoms with Crippen LogP contribution in [0.2, 0.25) is 0 Å². The minimum absolute atomic E-state index is 0.141. The molecule has 1 aromatic carbocycles. The van der Waals surface area contributed by atoms with Crippen molar-refractivity contribution in [3.05, 3.63) is 35.1 Å². The summed E-state index contributed by atoms with van der Waals surface area (Å²) in [7, 11) is 0. The fourth-order valence-electron chi connectivity index (χ4n) is 4.38. The molecule has 19 heavy (non-hydrogen) atoms. The van der Waals surface area contributed by atoms with Crippen LogP contribution in [-0.2, 0) is 12.0 Å². The molecule has 0 aliphatic heterocycles. The number of benzene rings is 1. The first-order chi connectivity index (χ1) is 9.16. The molecule has 0 saturated heterocycles. The van der Waals surface area contributed by atoms with Crippen LogP contribution >= 0.6 is 0 Å². The van der Waals surface area contributed by atoms with Gasteiger partial charge in [0.15, 0.2) is 0 Å². The van der Waals surface area contributed by atoms with Crippen LogP contribution in [0.1, 0.15) is 56.6 Å². The minimum atomic E-state index is -0.779. The van der Waals surface area contributed by atoms with E-state index in [1.807, 2.05) is 6.07 Å². The van der Waals surface area contributed by atoms with Crippen LogP contribution in [-0.4, -0.2) is 5.11 Å². The zero-order valence-electron chi connectivity index (χ0n) is 11.7. The lowest BCUT2D eigenvalue weighted by atomic mass is 9.67. The molecule has 0 spiro atoms. The lowest BCUT2D eigenvalue weighted by Gasteiger charge is -2.41. The van der Waals surface area contributed by atoms with Crippen molar-refractivity contribution < 1.29 is 9.50 Å². The number of fused-ring (bicyclic) bond motifs is 1. The van der Waals surface area contributed by atoms with Gasteiger partial charge in [-0.25, -0.2) is 4.39 Å². The summed E-state index contributed by atoms with van der Waals surface area (Å²) in [5.74, 6) is 0.763. The van der Waals surface area contributed by atoms with Gasteiger partial charge in [0.05, 0.1) is 5.60 Å². The summed E-state index contributed by atoms with van der Waals surface area (Å²) in [6.45, 7) is 2.22. The highest BCUT2D eigenvalue weighted by molar-refractivity contribution is 5.39. The van der Waals surface area contributed by atoms with Gasteiger partial charge >= 0.3 is 0 Å². The van der Waals surface area contributed by atoms with Crippen LogP contribution in [0.5, 0.6) is 0 Å². The van der Waals surface area contributed by atoms with E-state index in [9.17, 15) is 9.50 Å². The molecule has 3 atom stereocenters. The van der Waals surface area contributed by atoms with Crippen molar-refractivity contribution in [1.29, 1.82) is 0 Å². The van der Waals surface area contributed by atoms with Gasteiger partial charge in [-0.05, 0) is 48.3 Å². The largest absolute Gasteiger partial charge is 0.385 e. The van der Waals surface area contributed by atoms with Crippen molar-refractivity contribution in [2.45, 2.75) is 57.5 Å². The standard InChI is InChI=1S/C17H23FO/c1-2-12-6-3-4-7-14(12)17(19)11-10-13-15(17)8-5-9-16(13)18/h5,8-9,12,14,19H,2-4,6-7,10-11H2,1H3. The third-order valence-corrected chi connectivity index (χ3v) is 5.39. The lowest BCUT2D eigenvalue weighted by molar-refractivity contribution is -0.0626. The van der Waals surface area contributed by atoms with Crippen LogP contribution in [0, 0.1) is 17.7 Å². The average Bonchev–Trinajstić information content (AvgIpc) is 2.79. The molecule has 1 nitrogen and oxygen atoms in total.